The minimum atomic E-state index is -0.505. The summed E-state index contributed by atoms with van der Waals surface area (Å²) < 4.78 is 0. The zero-order chi connectivity index (χ0) is 21.0. The van der Waals surface area contributed by atoms with Crippen LogP contribution in [0.1, 0.15) is 22.8 Å². The van der Waals surface area contributed by atoms with E-state index in [-0.39, 0.29) is 17.2 Å². The van der Waals surface area contributed by atoms with Crippen LogP contribution in [0.15, 0.2) is 36.4 Å². The van der Waals surface area contributed by atoms with Gasteiger partial charge in [0.05, 0.1) is 10.5 Å². The van der Waals surface area contributed by atoms with E-state index in [1.165, 1.54) is 12.1 Å². The maximum Gasteiger partial charge on any atom is 0.270 e. The number of anilines is 3. The maximum atomic E-state index is 12.8. The van der Waals surface area contributed by atoms with Crippen LogP contribution in [0.5, 0.6) is 0 Å². The minimum absolute atomic E-state index is 0.118. The lowest BCUT2D eigenvalue weighted by Gasteiger charge is -2.35. The first-order valence-corrected chi connectivity index (χ1v) is 9.78. The Balaban J connectivity index is 1.76. The molecule has 1 heterocycles. The van der Waals surface area contributed by atoms with Crippen LogP contribution in [0.3, 0.4) is 0 Å². The van der Waals surface area contributed by atoms with Crippen molar-refractivity contribution in [1.82, 2.24) is 4.90 Å². The summed E-state index contributed by atoms with van der Waals surface area (Å²) in [4.78, 5) is 28.1. The van der Waals surface area contributed by atoms with Crippen molar-refractivity contribution in [3.8, 4) is 0 Å². The maximum absolute atomic E-state index is 12.8. The number of benzene rings is 2. The van der Waals surface area contributed by atoms with Crippen molar-refractivity contribution in [2.75, 3.05) is 55.3 Å². The van der Waals surface area contributed by atoms with Crippen LogP contribution < -0.4 is 15.5 Å². The molecule has 8 heteroatoms. The third-order valence-corrected chi connectivity index (χ3v) is 5.37. The average Bonchev–Trinajstić information content (AvgIpc) is 2.74. The molecule has 0 spiro atoms. The second kappa shape index (κ2) is 8.91. The number of nitro benzene ring substituents is 1. The van der Waals surface area contributed by atoms with Crippen molar-refractivity contribution in [3.63, 3.8) is 0 Å². The van der Waals surface area contributed by atoms with Crippen LogP contribution in [0.2, 0.25) is 0 Å². The molecule has 2 aromatic rings. The Labute approximate surface area is 170 Å². The first-order chi connectivity index (χ1) is 13.9. The van der Waals surface area contributed by atoms with Crippen LogP contribution in [-0.2, 0) is 0 Å². The lowest BCUT2D eigenvalue weighted by Crippen LogP contribution is -2.46. The number of likely N-dealkylation sites (N-methyl/N-ethyl adjacent to an activating group) is 1. The largest absolute Gasteiger partial charge is 0.387 e. The first kappa shape index (κ1) is 20.6. The molecular weight excluding hydrogens is 370 g/mol. The predicted molar refractivity (Wildman–Crippen MR) is 116 cm³/mol. The Morgan fingerprint density at radius 3 is 2.38 bits per heavy atom. The fourth-order valence-electron chi connectivity index (χ4n) is 3.55. The number of nitro groups is 1. The van der Waals surface area contributed by atoms with Crippen molar-refractivity contribution in [1.29, 1.82) is 0 Å². The van der Waals surface area contributed by atoms with E-state index in [4.69, 9.17) is 0 Å². The molecule has 0 aliphatic carbocycles. The van der Waals surface area contributed by atoms with Gasteiger partial charge in [0.2, 0.25) is 0 Å². The van der Waals surface area contributed by atoms with E-state index in [9.17, 15) is 14.9 Å². The normalized spacial score (nSPS) is 14.5. The number of piperazine rings is 1. The van der Waals surface area contributed by atoms with Gasteiger partial charge in [-0.15, -0.1) is 0 Å². The molecule has 1 aliphatic rings. The van der Waals surface area contributed by atoms with Crippen LogP contribution >= 0.6 is 0 Å². The van der Waals surface area contributed by atoms with E-state index in [0.717, 1.165) is 44.0 Å². The highest BCUT2D eigenvalue weighted by Gasteiger charge is 2.19. The molecule has 29 heavy (non-hydrogen) atoms. The monoisotopic (exact) mass is 397 g/mol. The summed E-state index contributed by atoms with van der Waals surface area (Å²) in [5.41, 5.74) is 3.44. The van der Waals surface area contributed by atoms with E-state index in [1.54, 1.807) is 13.1 Å². The summed E-state index contributed by atoms with van der Waals surface area (Å²) in [5, 5.41) is 16.9. The summed E-state index contributed by atoms with van der Waals surface area (Å²) in [5.74, 6) is -0.384. The van der Waals surface area contributed by atoms with Gasteiger partial charge in [-0.1, -0.05) is 6.92 Å². The second-order valence-corrected chi connectivity index (χ2v) is 7.11. The third-order valence-electron chi connectivity index (χ3n) is 5.37. The number of non-ortho nitro benzene ring substituents is 1. The van der Waals surface area contributed by atoms with Gasteiger partial charge in [-0.25, -0.2) is 0 Å². The highest BCUT2D eigenvalue weighted by Crippen LogP contribution is 2.26. The van der Waals surface area contributed by atoms with Crippen LogP contribution in [0, 0.1) is 17.0 Å². The molecule has 1 fully saturated rings. The van der Waals surface area contributed by atoms with E-state index >= 15 is 0 Å². The molecule has 154 valence electrons. The van der Waals surface area contributed by atoms with E-state index in [0.29, 0.717) is 11.4 Å². The number of rotatable bonds is 6. The second-order valence-electron chi connectivity index (χ2n) is 7.11. The molecule has 0 atom stereocenters. The summed E-state index contributed by atoms with van der Waals surface area (Å²) >= 11 is 0. The molecule has 0 radical (unpaired) electrons. The molecule has 1 saturated heterocycles. The quantitative estimate of drug-likeness (QED) is 0.574. The Morgan fingerprint density at radius 2 is 1.79 bits per heavy atom. The number of carbonyl (C=O) groups excluding carboxylic acids is 1. The van der Waals surface area contributed by atoms with E-state index in [2.05, 4.69) is 33.4 Å². The molecule has 0 aromatic heterocycles. The van der Waals surface area contributed by atoms with Crippen LogP contribution in [-0.4, -0.2) is 55.5 Å². The highest BCUT2D eigenvalue weighted by atomic mass is 16.6. The van der Waals surface area contributed by atoms with Gasteiger partial charge < -0.3 is 20.4 Å². The van der Waals surface area contributed by atoms with E-state index in [1.807, 2.05) is 19.1 Å². The number of carbonyl (C=O) groups is 1. The van der Waals surface area contributed by atoms with Crippen molar-refractivity contribution in [2.24, 2.45) is 0 Å². The van der Waals surface area contributed by atoms with Crippen molar-refractivity contribution >= 4 is 28.7 Å². The van der Waals surface area contributed by atoms with Gasteiger partial charge in [0, 0.05) is 62.4 Å². The summed E-state index contributed by atoms with van der Waals surface area (Å²) in [6, 6.07) is 10.2. The molecule has 0 bridgehead atoms. The first-order valence-electron chi connectivity index (χ1n) is 9.78. The fraction of sp³-hybridized carbons (Fsp3) is 0.381. The Hall–Kier alpha value is -3.13. The fourth-order valence-corrected chi connectivity index (χ4v) is 3.55. The van der Waals surface area contributed by atoms with Crippen molar-refractivity contribution in [2.45, 2.75) is 13.8 Å². The van der Waals surface area contributed by atoms with Gasteiger partial charge in [-0.3, -0.25) is 14.9 Å². The molecule has 8 nitrogen and oxygen atoms in total. The summed E-state index contributed by atoms with van der Waals surface area (Å²) in [6.07, 6.45) is 0. The van der Waals surface area contributed by atoms with Gasteiger partial charge in [0.25, 0.3) is 11.6 Å². The summed E-state index contributed by atoms with van der Waals surface area (Å²) in [7, 11) is 1.68. The molecule has 2 aromatic carbocycles. The summed E-state index contributed by atoms with van der Waals surface area (Å²) in [6.45, 7) is 9.27. The number of hydrogen-bond acceptors (Lipinski definition) is 6. The third kappa shape index (κ3) is 4.65. The molecule has 3 rings (SSSR count). The van der Waals surface area contributed by atoms with E-state index < -0.39 is 4.92 Å². The average molecular weight is 397 g/mol. The van der Waals surface area contributed by atoms with Gasteiger partial charge in [-0.2, -0.15) is 0 Å². The molecule has 2 N–H and O–H groups in total. The smallest absolute Gasteiger partial charge is 0.270 e. The molecule has 0 unspecified atom stereocenters. The Bertz CT molecular complexity index is 907. The van der Waals surface area contributed by atoms with Gasteiger partial charge in [0.15, 0.2) is 0 Å². The van der Waals surface area contributed by atoms with Crippen molar-refractivity contribution < 1.29 is 9.72 Å². The minimum Gasteiger partial charge on any atom is -0.387 e. The molecule has 1 amide bonds. The lowest BCUT2D eigenvalue weighted by atomic mass is 10.1. The standard InChI is InChI=1S/C21H27N5O3/c1-4-24-9-11-25(12-10-24)16-5-7-19(15(2)13-16)23-21(27)18-14-17(26(28)29)6-8-20(18)22-3/h5-8,13-14,22H,4,9-12H2,1-3H3,(H,23,27). The SMILES string of the molecule is CCN1CCN(c2ccc(NC(=O)c3cc([N+](=O)[O-])ccc3NC)c(C)c2)CC1. The van der Waals surface area contributed by atoms with Crippen LogP contribution in [0.4, 0.5) is 22.7 Å². The van der Waals surface area contributed by atoms with Gasteiger partial charge in [0.1, 0.15) is 0 Å². The van der Waals surface area contributed by atoms with Gasteiger partial charge >= 0.3 is 0 Å². The highest BCUT2D eigenvalue weighted by molar-refractivity contribution is 6.08. The lowest BCUT2D eigenvalue weighted by molar-refractivity contribution is -0.384. The Kier molecular flexibility index (Phi) is 6.33. The van der Waals surface area contributed by atoms with Crippen molar-refractivity contribution in [3.05, 3.63) is 57.6 Å². The zero-order valence-corrected chi connectivity index (χ0v) is 17.1. The number of aryl methyl sites for hydroxylation is 1. The molecular formula is C21H27N5O3. The molecule has 0 saturated carbocycles. The number of hydrogen-bond donors (Lipinski definition) is 2. The molecule has 1 aliphatic heterocycles. The van der Waals surface area contributed by atoms with Gasteiger partial charge in [-0.05, 0) is 43.3 Å². The topological polar surface area (TPSA) is 90.8 Å². The zero-order valence-electron chi connectivity index (χ0n) is 17.1. The number of nitrogens with one attached hydrogen (secondary N) is 2. The van der Waals surface area contributed by atoms with Crippen LogP contribution in [0.25, 0.3) is 0 Å². The number of amides is 1. The predicted octanol–water partition coefficient (Wildman–Crippen LogP) is 3.34. The Morgan fingerprint density at radius 1 is 1.10 bits per heavy atom. The number of nitrogens with zero attached hydrogens (tertiary/aromatic N) is 3.